The quantitative estimate of drug-likeness (QED) is 0.444. The second-order valence-electron chi connectivity index (χ2n) is 4.76. The standard InChI is InChI=1S/C18H15FN.HI/c1-20-17(12-8-14-6-10-16(19)11-7-14)13-9-15-4-2-3-5-18(15)20;/h2-13H,1H3;1H/q+1;. The van der Waals surface area contributed by atoms with Gasteiger partial charge < -0.3 is 0 Å². The summed E-state index contributed by atoms with van der Waals surface area (Å²) in [6, 6.07) is 19.0. The van der Waals surface area contributed by atoms with Gasteiger partial charge in [-0.3, -0.25) is 0 Å². The second kappa shape index (κ2) is 6.80. The maximum atomic E-state index is 12.9. The SMILES string of the molecule is C[n+]1c(C=Cc2ccc(F)cc2)ccc2ccccc21.I. The summed E-state index contributed by atoms with van der Waals surface area (Å²) < 4.78 is 15.0. The molecule has 0 amide bonds. The molecule has 0 bridgehead atoms. The second-order valence-corrected chi connectivity index (χ2v) is 4.76. The van der Waals surface area contributed by atoms with Gasteiger partial charge in [-0.2, -0.15) is 4.57 Å². The van der Waals surface area contributed by atoms with E-state index in [1.54, 1.807) is 12.1 Å². The van der Waals surface area contributed by atoms with Crippen molar-refractivity contribution in [2.75, 3.05) is 0 Å². The summed E-state index contributed by atoms with van der Waals surface area (Å²) in [6.45, 7) is 0. The maximum Gasteiger partial charge on any atom is 0.212 e. The molecular weight excluding hydrogens is 376 g/mol. The molecule has 0 aliphatic carbocycles. The van der Waals surface area contributed by atoms with E-state index in [1.165, 1.54) is 23.0 Å². The minimum atomic E-state index is -0.210. The topological polar surface area (TPSA) is 3.88 Å². The van der Waals surface area contributed by atoms with Crippen molar-refractivity contribution in [3.8, 4) is 0 Å². The molecular formula is C18H16FIN+. The van der Waals surface area contributed by atoms with Crippen LogP contribution >= 0.6 is 24.0 Å². The van der Waals surface area contributed by atoms with Crippen LogP contribution in [0.1, 0.15) is 11.3 Å². The lowest BCUT2D eigenvalue weighted by Crippen LogP contribution is -2.32. The molecule has 0 atom stereocenters. The van der Waals surface area contributed by atoms with E-state index in [0.717, 1.165) is 11.3 Å². The van der Waals surface area contributed by atoms with Gasteiger partial charge in [0.25, 0.3) is 0 Å². The Labute approximate surface area is 140 Å². The normalized spacial score (nSPS) is 10.8. The molecule has 0 aliphatic rings. The minimum Gasteiger partial charge on any atom is -0.207 e. The lowest BCUT2D eigenvalue weighted by molar-refractivity contribution is -0.646. The predicted octanol–water partition coefficient (Wildman–Crippen LogP) is 4.59. The van der Waals surface area contributed by atoms with Gasteiger partial charge in [0.05, 0.1) is 0 Å². The van der Waals surface area contributed by atoms with Crippen LogP contribution in [0.15, 0.2) is 60.7 Å². The first-order chi connectivity index (χ1) is 9.74. The Hall–Kier alpha value is -1.75. The Morgan fingerprint density at radius 1 is 0.857 bits per heavy atom. The predicted molar refractivity (Wildman–Crippen MR) is 95.9 cm³/mol. The molecule has 1 nitrogen and oxygen atoms in total. The summed E-state index contributed by atoms with van der Waals surface area (Å²) in [7, 11) is 2.05. The van der Waals surface area contributed by atoms with E-state index in [0.29, 0.717) is 0 Å². The number of fused-ring (bicyclic) bond motifs is 1. The van der Waals surface area contributed by atoms with E-state index in [-0.39, 0.29) is 29.8 Å². The third-order valence-corrected chi connectivity index (χ3v) is 3.44. The van der Waals surface area contributed by atoms with Gasteiger partial charge in [0.1, 0.15) is 12.9 Å². The zero-order valence-corrected chi connectivity index (χ0v) is 14.0. The number of aryl methyl sites for hydroxylation is 1. The Bertz CT molecular complexity index is 779. The van der Waals surface area contributed by atoms with Gasteiger partial charge >= 0.3 is 0 Å². The van der Waals surface area contributed by atoms with E-state index in [4.69, 9.17) is 0 Å². The molecule has 1 aromatic heterocycles. The van der Waals surface area contributed by atoms with Crippen LogP contribution in [0.25, 0.3) is 23.1 Å². The fourth-order valence-corrected chi connectivity index (χ4v) is 2.28. The van der Waals surface area contributed by atoms with Crippen molar-refractivity contribution in [2.45, 2.75) is 0 Å². The summed E-state index contributed by atoms with van der Waals surface area (Å²) >= 11 is 0. The largest absolute Gasteiger partial charge is 0.212 e. The minimum absolute atomic E-state index is 0. The lowest BCUT2D eigenvalue weighted by Gasteiger charge is -1.99. The van der Waals surface area contributed by atoms with Gasteiger partial charge in [0, 0.05) is 23.6 Å². The molecule has 0 aliphatic heterocycles. The zero-order valence-electron chi connectivity index (χ0n) is 11.7. The molecule has 0 saturated carbocycles. The number of aromatic nitrogens is 1. The van der Waals surface area contributed by atoms with Crippen LogP contribution in [0.3, 0.4) is 0 Å². The summed E-state index contributed by atoms with van der Waals surface area (Å²) in [5.74, 6) is -0.210. The van der Waals surface area contributed by atoms with Crippen molar-refractivity contribution >= 4 is 47.0 Å². The van der Waals surface area contributed by atoms with E-state index in [9.17, 15) is 4.39 Å². The van der Waals surface area contributed by atoms with Crippen LogP contribution in [0.2, 0.25) is 0 Å². The van der Waals surface area contributed by atoms with E-state index < -0.39 is 0 Å². The third-order valence-electron chi connectivity index (χ3n) is 3.44. The van der Waals surface area contributed by atoms with Gasteiger partial charge in [0.15, 0.2) is 0 Å². The molecule has 3 heteroatoms. The number of hydrogen-bond donors (Lipinski definition) is 0. The lowest BCUT2D eigenvalue weighted by atomic mass is 10.1. The highest BCUT2D eigenvalue weighted by molar-refractivity contribution is 14.0. The highest BCUT2D eigenvalue weighted by atomic mass is 127. The fraction of sp³-hybridized carbons (Fsp3) is 0.0556. The highest BCUT2D eigenvalue weighted by Gasteiger charge is 2.07. The highest BCUT2D eigenvalue weighted by Crippen LogP contribution is 2.12. The van der Waals surface area contributed by atoms with Crippen LogP contribution < -0.4 is 4.57 Å². The Kier molecular flexibility index (Phi) is 5.07. The van der Waals surface area contributed by atoms with Crippen LogP contribution in [0, 0.1) is 5.82 Å². The molecule has 1 heterocycles. The zero-order chi connectivity index (χ0) is 13.9. The number of benzene rings is 2. The molecule has 3 rings (SSSR count). The Morgan fingerprint density at radius 2 is 1.57 bits per heavy atom. The average molecular weight is 392 g/mol. The monoisotopic (exact) mass is 392 g/mol. The molecule has 21 heavy (non-hydrogen) atoms. The summed E-state index contributed by atoms with van der Waals surface area (Å²) in [5, 5.41) is 1.22. The molecule has 0 radical (unpaired) electrons. The number of halogens is 2. The van der Waals surface area contributed by atoms with Crippen LogP contribution in [0.4, 0.5) is 4.39 Å². The van der Waals surface area contributed by atoms with Crippen molar-refractivity contribution in [1.29, 1.82) is 0 Å². The molecule has 0 saturated heterocycles. The molecule has 0 fully saturated rings. The van der Waals surface area contributed by atoms with E-state index in [1.807, 2.05) is 31.3 Å². The average Bonchev–Trinajstić information content (AvgIpc) is 2.49. The van der Waals surface area contributed by atoms with Crippen molar-refractivity contribution < 1.29 is 8.96 Å². The summed E-state index contributed by atoms with van der Waals surface area (Å²) in [5.41, 5.74) is 3.28. The maximum absolute atomic E-state index is 12.9. The number of pyridine rings is 1. The summed E-state index contributed by atoms with van der Waals surface area (Å²) in [4.78, 5) is 0. The van der Waals surface area contributed by atoms with Gasteiger partial charge in [0.2, 0.25) is 11.2 Å². The third kappa shape index (κ3) is 3.47. The first kappa shape index (κ1) is 15.6. The van der Waals surface area contributed by atoms with E-state index >= 15 is 0 Å². The Balaban J connectivity index is 0.00000161. The number of para-hydroxylation sites is 1. The van der Waals surface area contributed by atoms with Gasteiger partial charge in [-0.15, -0.1) is 24.0 Å². The smallest absolute Gasteiger partial charge is 0.207 e. The van der Waals surface area contributed by atoms with Crippen molar-refractivity contribution in [1.82, 2.24) is 0 Å². The molecule has 0 unspecified atom stereocenters. The van der Waals surface area contributed by atoms with Gasteiger partial charge in [-0.05, 0) is 35.9 Å². The van der Waals surface area contributed by atoms with Gasteiger partial charge in [-0.25, -0.2) is 4.39 Å². The fourth-order valence-electron chi connectivity index (χ4n) is 2.28. The van der Waals surface area contributed by atoms with Crippen LogP contribution in [-0.2, 0) is 7.05 Å². The number of nitrogens with zero attached hydrogens (tertiary/aromatic N) is 1. The molecule has 0 spiro atoms. The molecule has 0 N–H and O–H groups in total. The molecule has 3 aromatic rings. The first-order valence-electron chi connectivity index (χ1n) is 6.55. The summed E-state index contributed by atoms with van der Waals surface area (Å²) in [6.07, 6.45) is 4.03. The number of hydrogen-bond acceptors (Lipinski definition) is 0. The van der Waals surface area contributed by atoms with E-state index in [2.05, 4.69) is 28.8 Å². The first-order valence-corrected chi connectivity index (χ1v) is 6.55. The van der Waals surface area contributed by atoms with Crippen molar-refractivity contribution in [2.24, 2.45) is 7.05 Å². The Morgan fingerprint density at radius 3 is 2.33 bits per heavy atom. The van der Waals surface area contributed by atoms with Crippen LogP contribution in [0.5, 0.6) is 0 Å². The van der Waals surface area contributed by atoms with Crippen molar-refractivity contribution in [3.05, 3.63) is 77.7 Å². The van der Waals surface area contributed by atoms with Crippen LogP contribution in [-0.4, -0.2) is 0 Å². The molecule has 106 valence electrons. The van der Waals surface area contributed by atoms with Crippen molar-refractivity contribution in [3.63, 3.8) is 0 Å². The molecule has 2 aromatic carbocycles. The number of rotatable bonds is 2. The van der Waals surface area contributed by atoms with Gasteiger partial charge in [-0.1, -0.05) is 24.3 Å².